The van der Waals surface area contributed by atoms with E-state index < -0.39 is 0 Å². The number of halogens is 1. The second-order valence-electron chi connectivity index (χ2n) is 8.06. The summed E-state index contributed by atoms with van der Waals surface area (Å²) in [6.07, 6.45) is 7.72. The second kappa shape index (κ2) is 7.73. The number of hydrogen-bond acceptors (Lipinski definition) is 4. The number of hydrazone groups is 1. The third-order valence-corrected chi connectivity index (χ3v) is 6.49. The first-order valence-electron chi connectivity index (χ1n) is 10.2. The minimum absolute atomic E-state index is 0.168. The van der Waals surface area contributed by atoms with E-state index in [9.17, 15) is 9.59 Å². The highest BCUT2D eigenvalue weighted by Crippen LogP contribution is 2.49. The molecule has 1 saturated heterocycles. The molecule has 2 amide bonds. The number of rotatable bonds is 5. The Morgan fingerprint density at radius 3 is 2.30 bits per heavy atom. The van der Waals surface area contributed by atoms with Gasteiger partial charge in [0.25, 0.3) is 11.8 Å². The van der Waals surface area contributed by atoms with Crippen molar-refractivity contribution in [2.75, 3.05) is 0 Å². The molecule has 0 spiro atoms. The van der Waals surface area contributed by atoms with Crippen molar-refractivity contribution < 1.29 is 14.3 Å². The van der Waals surface area contributed by atoms with Gasteiger partial charge in [0.05, 0.1) is 18.1 Å². The molecule has 4 aliphatic rings. The standard InChI is InChI=1S/C24H21ClN2O3/c25-19-10-4-15(5-11-19)14-30-20-3-1-2-16(12-20)13-26-27-23(28)21-17-6-7-18(9-8-17)22(21)24(27)29/h1-7,10-13,17-18,21-22H,8-9,14H2. The average molecular weight is 421 g/mol. The van der Waals surface area contributed by atoms with E-state index in [1.165, 1.54) is 0 Å². The zero-order valence-corrected chi connectivity index (χ0v) is 17.0. The molecule has 6 heteroatoms. The summed E-state index contributed by atoms with van der Waals surface area (Å²) in [7, 11) is 0. The second-order valence-corrected chi connectivity index (χ2v) is 8.50. The van der Waals surface area contributed by atoms with Crippen molar-refractivity contribution in [2.45, 2.75) is 19.4 Å². The van der Waals surface area contributed by atoms with Crippen molar-refractivity contribution in [1.82, 2.24) is 5.01 Å². The fourth-order valence-corrected chi connectivity index (χ4v) is 4.85. The Bertz CT molecular complexity index is 1010. The Balaban J connectivity index is 1.28. The Kier molecular flexibility index (Phi) is 4.91. The third kappa shape index (κ3) is 3.43. The highest BCUT2D eigenvalue weighted by atomic mass is 35.5. The molecule has 0 aromatic heterocycles. The molecule has 2 bridgehead atoms. The van der Waals surface area contributed by atoms with Crippen molar-refractivity contribution in [3.05, 3.63) is 76.8 Å². The number of allylic oxidation sites excluding steroid dienone is 2. The van der Waals surface area contributed by atoms with E-state index in [0.29, 0.717) is 17.4 Å². The minimum Gasteiger partial charge on any atom is -0.489 e. The van der Waals surface area contributed by atoms with Gasteiger partial charge in [-0.1, -0.05) is 48.0 Å². The van der Waals surface area contributed by atoms with Crippen LogP contribution in [0.5, 0.6) is 5.75 Å². The summed E-state index contributed by atoms with van der Waals surface area (Å²) < 4.78 is 5.84. The summed E-state index contributed by atoms with van der Waals surface area (Å²) >= 11 is 5.91. The lowest BCUT2D eigenvalue weighted by molar-refractivity contribution is -0.140. The molecule has 1 heterocycles. The SMILES string of the molecule is O=C1C2C3C=CC(CC3)C2C(=O)N1N=Cc1cccc(OCc2ccc(Cl)cc2)c1. The quantitative estimate of drug-likeness (QED) is 0.408. The fraction of sp³-hybridized carbons (Fsp3) is 0.292. The van der Waals surface area contributed by atoms with Gasteiger partial charge in [-0.25, -0.2) is 0 Å². The Hall–Kier alpha value is -2.92. The van der Waals surface area contributed by atoms with E-state index in [4.69, 9.17) is 16.3 Å². The van der Waals surface area contributed by atoms with Crippen LogP contribution < -0.4 is 4.74 Å². The maximum Gasteiger partial charge on any atom is 0.254 e. The first kappa shape index (κ1) is 19.1. The molecule has 0 N–H and O–H groups in total. The minimum atomic E-state index is -0.243. The summed E-state index contributed by atoms with van der Waals surface area (Å²) in [5.41, 5.74) is 1.78. The third-order valence-electron chi connectivity index (χ3n) is 6.24. The van der Waals surface area contributed by atoms with Crippen LogP contribution in [0, 0.1) is 23.7 Å². The van der Waals surface area contributed by atoms with Crippen LogP contribution in [0.15, 0.2) is 65.8 Å². The van der Waals surface area contributed by atoms with Crippen molar-refractivity contribution in [3.8, 4) is 5.75 Å². The zero-order valence-electron chi connectivity index (χ0n) is 16.3. The van der Waals surface area contributed by atoms with E-state index in [0.717, 1.165) is 29.0 Å². The van der Waals surface area contributed by atoms with Crippen molar-refractivity contribution in [3.63, 3.8) is 0 Å². The number of imide groups is 1. The molecule has 2 fully saturated rings. The van der Waals surface area contributed by atoms with Crippen LogP contribution in [0.3, 0.4) is 0 Å². The number of carbonyl (C=O) groups is 2. The number of carbonyl (C=O) groups excluding carboxylic acids is 2. The number of amides is 2. The normalized spacial score (nSPS) is 27.2. The van der Waals surface area contributed by atoms with E-state index in [-0.39, 0.29) is 35.5 Å². The van der Waals surface area contributed by atoms with E-state index >= 15 is 0 Å². The number of fused-ring (bicyclic) bond motifs is 1. The molecule has 30 heavy (non-hydrogen) atoms. The van der Waals surface area contributed by atoms with Crippen LogP contribution in [0.25, 0.3) is 0 Å². The molecule has 152 valence electrons. The van der Waals surface area contributed by atoms with Gasteiger partial charge in [0.1, 0.15) is 12.4 Å². The average Bonchev–Trinajstić information content (AvgIpc) is 3.05. The molecule has 0 radical (unpaired) electrons. The predicted molar refractivity (Wildman–Crippen MR) is 114 cm³/mol. The van der Waals surface area contributed by atoms with Gasteiger partial charge in [-0.15, -0.1) is 0 Å². The zero-order chi connectivity index (χ0) is 20.7. The molecule has 2 aromatic carbocycles. The molecule has 3 aliphatic carbocycles. The molecular formula is C24H21ClN2O3. The molecule has 4 atom stereocenters. The van der Waals surface area contributed by atoms with E-state index in [1.54, 1.807) is 6.21 Å². The Labute approximate surface area is 180 Å². The molecule has 1 aliphatic heterocycles. The summed E-state index contributed by atoms with van der Waals surface area (Å²) in [5, 5.41) is 6.02. The van der Waals surface area contributed by atoms with Crippen molar-refractivity contribution in [2.24, 2.45) is 28.8 Å². The van der Waals surface area contributed by atoms with Crippen LogP contribution in [0.1, 0.15) is 24.0 Å². The van der Waals surface area contributed by atoms with Gasteiger partial charge in [-0.2, -0.15) is 10.1 Å². The largest absolute Gasteiger partial charge is 0.489 e. The predicted octanol–water partition coefficient (Wildman–Crippen LogP) is 4.45. The fourth-order valence-electron chi connectivity index (χ4n) is 4.73. The number of nitrogens with zero attached hydrogens (tertiary/aromatic N) is 2. The highest BCUT2D eigenvalue weighted by Gasteiger charge is 2.56. The van der Waals surface area contributed by atoms with Gasteiger partial charge in [-0.3, -0.25) is 9.59 Å². The Morgan fingerprint density at radius 1 is 1.00 bits per heavy atom. The van der Waals surface area contributed by atoms with Gasteiger partial charge in [0, 0.05) is 5.02 Å². The summed E-state index contributed by atoms with van der Waals surface area (Å²) in [6.45, 7) is 0.417. The first-order chi connectivity index (χ1) is 14.6. The summed E-state index contributed by atoms with van der Waals surface area (Å²) in [5.74, 6) is 0.192. The van der Waals surface area contributed by atoms with Crippen LogP contribution in [-0.4, -0.2) is 23.0 Å². The summed E-state index contributed by atoms with van der Waals surface area (Å²) in [6, 6.07) is 14.9. The molecule has 2 aromatic rings. The first-order valence-corrected chi connectivity index (χ1v) is 10.6. The van der Waals surface area contributed by atoms with Crippen LogP contribution in [0.4, 0.5) is 0 Å². The van der Waals surface area contributed by atoms with Gasteiger partial charge < -0.3 is 4.74 Å². The monoisotopic (exact) mass is 420 g/mol. The maximum absolute atomic E-state index is 12.8. The lowest BCUT2D eigenvalue weighted by Crippen LogP contribution is -2.38. The van der Waals surface area contributed by atoms with Crippen LogP contribution in [-0.2, 0) is 16.2 Å². The molecule has 5 nitrogen and oxygen atoms in total. The smallest absolute Gasteiger partial charge is 0.254 e. The van der Waals surface area contributed by atoms with Gasteiger partial charge in [0.15, 0.2) is 0 Å². The van der Waals surface area contributed by atoms with Crippen molar-refractivity contribution >= 4 is 29.6 Å². The molecule has 1 saturated carbocycles. The van der Waals surface area contributed by atoms with Gasteiger partial charge >= 0.3 is 0 Å². The van der Waals surface area contributed by atoms with E-state index in [2.05, 4.69) is 17.3 Å². The highest BCUT2D eigenvalue weighted by molar-refractivity contribution is 6.30. The van der Waals surface area contributed by atoms with Gasteiger partial charge in [-0.05, 0) is 60.1 Å². The number of benzene rings is 2. The van der Waals surface area contributed by atoms with Crippen LogP contribution >= 0.6 is 11.6 Å². The topological polar surface area (TPSA) is 59.0 Å². The lowest BCUT2D eigenvalue weighted by Gasteiger charge is -2.37. The number of hydrogen-bond donors (Lipinski definition) is 0. The Morgan fingerprint density at radius 2 is 1.67 bits per heavy atom. The maximum atomic E-state index is 12.8. The lowest BCUT2D eigenvalue weighted by atomic mass is 9.63. The molecular weight excluding hydrogens is 400 g/mol. The molecule has 4 unspecified atom stereocenters. The van der Waals surface area contributed by atoms with Crippen molar-refractivity contribution in [1.29, 1.82) is 0 Å². The molecule has 6 rings (SSSR count). The summed E-state index contributed by atoms with van der Waals surface area (Å²) in [4.78, 5) is 25.7. The number of ether oxygens (including phenoxy) is 1. The van der Waals surface area contributed by atoms with Crippen LogP contribution in [0.2, 0.25) is 5.02 Å². The van der Waals surface area contributed by atoms with E-state index in [1.807, 2.05) is 48.5 Å². The van der Waals surface area contributed by atoms with Gasteiger partial charge in [0.2, 0.25) is 0 Å².